The van der Waals surface area contributed by atoms with Gasteiger partial charge in [-0.2, -0.15) is 5.10 Å². The van der Waals surface area contributed by atoms with Crippen molar-refractivity contribution in [2.24, 2.45) is 12.5 Å². The molecule has 0 atom stereocenters. The molecule has 0 saturated heterocycles. The number of carbonyl (C=O) groups excluding carboxylic acids is 1. The van der Waals surface area contributed by atoms with E-state index in [-0.39, 0.29) is 11.3 Å². The summed E-state index contributed by atoms with van der Waals surface area (Å²) >= 11 is 0. The van der Waals surface area contributed by atoms with Crippen LogP contribution in [0.1, 0.15) is 32.9 Å². The minimum absolute atomic E-state index is 0.0352. The number of hydrogen-bond acceptors (Lipinski definition) is 3. The summed E-state index contributed by atoms with van der Waals surface area (Å²) in [6, 6.07) is 0. The number of carbonyl (C=O) groups is 1. The molecule has 16 heavy (non-hydrogen) atoms. The van der Waals surface area contributed by atoms with Gasteiger partial charge in [-0.1, -0.05) is 20.8 Å². The molecule has 0 fully saturated rings. The summed E-state index contributed by atoms with van der Waals surface area (Å²) in [6.45, 7) is 7.87. The van der Waals surface area contributed by atoms with Gasteiger partial charge in [0.25, 0.3) is 0 Å². The number of nitrogens with one attached hydrogen (secondary N) is 1. The zero-order chi connectivity index (χ0) is 12.5. The molecule has 1 rings (SSSR count). The van der Waals surface area contributed by atoms with E-state index in [0.717, 1.165) is 5.69 Å². The van der Waals surface area contributed by atoms with Crippen molar-refractivity contribution in [1.29, 1.82) is 0 Å². The number of aromatic nitrogens is 2. The molecular weight excluding hydrogens is 204 g/mol. The topological polar surface area (TPSA) is 72.9 Å². The molecule has 1 aromatic rings. The van der Waals surface area contributed by atoms with Gasteiger partial charge in [-0.05, 0) is 12.3 Å². The molecule has 0 spiro atoms. The SMILES string of the molecule is Cc1nn(C)c(NC(=O)CC(C)(C)C)c1N. The normalized spacial score (nSPS) is 11.6. The second-order valence-electron chi connectivity index (χ2n) is 5.26. The number of hydrogen-bond donors (Lipinski definition) is 2. The highest BCUT2D eigenvalue weighted by Crippen LogP contribution is 2.23. The molecule has 0 aliphatic carbocycles. The first-order valence-corrected chi connectivity index (χ1v) is 5.29. The molecule has 1 heterocycles. The largest absolute Gasteiger partial charge is 0.394 e. The van der Waals surface area contributed by atoms with Crippen LogP contribution in [-0.4, -0.2) is 15.7 Å². The second kappa shape index (κ2) is 4.15. The third-order valence-corrected chi connectivity index (χ3v) is 2.22. The van der Waals surface area contributed by atoms with E-state index in [9.17, 15) is 4.79 Å². The van der Waals surface area contributed by atoms with Crippen LogP contribution in [0.2, 0.25) is 0 Å². The van der Waals surface area contributed by atoms with Gasteiger partial charge in [0.2, 0.25) is 5.91 Å². The van der Waals surface area contributed by atoms with Crippen LogP contribution in [0.3, 0.4) is 0 Å². The van der Waals surface area contributed by atoms with Gasteiger partial charge in [0.1, 0.15) is 0 Å². The third-order valence-electron chi connectivity index (χ3n) is 2.22. The van der Waals surface area contributed by atoms with Crippen LogP contribution in [0.25, 0.3) is 0 Å². The lowest BCUT2D eigenvalue weighted by molar-refractivity contribution is -0.117. The van der Waals surface area contributed by atoms with E-state index in [1.165, 1.54) is 0 Å². The molecule has 5 nitrogen and oxygen atoms in total. The molecule has 0 bridgehead atoms. The zero-order valence-electron chi connectivity index (χ0n) is 10.6. The Balaban J connectivity index is 2.78. The first-order chi connectivity index (χ1) is 7.20. The van der Waals surface area contributed by atoms with E-state index in [1.807, 2.05) is 27.7 Å². The van der Waals surface area contributed by atoms with Crippen molar-refractivity contribution in [3.05, 3.63) is 5.69 Å². The average molecular weight is 224 g/mol. The standard InChI is InChI=1S/C11H20N4O/c1-7-9(12)10(15(5)14-7)13-8(16)6-11(2,3)4/h6,12H2,1-5H3,(H,13,16). The van der Waals surface area contributed by atoms with Crippen molar-refractivity contribution in [2.75, 3.05) is 11.1 Å². The number of nitrogen functional groups attached to an aromatic ring is 1. The molecular formula is C11H20N4O. The van der Waals surface area contributed by atoms with Gasteiger partial charge in [0.15, 0.2) is 5.82 Å². The average Bonchev–Trinajstić information content (AvgIpc) is 2.29. The van der Waals surface area contributed by atoms with E-state index in [4.69, 9.17) is 5.73 Å². The molecule has 0 aliphatic rings. The molecule has 3 N–H and O–H groups in total. The summed E-state index contributed by atoms with van der Waals surface area (Å²) in [5.41, 5.74) is 7.04. The van der Waals surface area contributed by atoms with Gasteiger partial charge < -0.3 is 11.1 Å². The number of rotatable bonds is 2. The van der Waals surface area contributed by atoms with Gasteiger partial charge in [-0.3, -0.25) is 9.48 Å². The van der Waals surface area contributed by atoms with E-state index in [0.29, 0.717) is 17.9 Å². The first kappa shape index (κ1) is 12.5. The molecule has 5 heteroatoms. The monoisotopic (exact) mass is 224 g/mol. The summed E-state index contributed by atoms with van der Waals surface area (Å²) in [7, 11) is 1.76. The molecule has 0 aliphatic heterocycles. The summed E-state index contributed by atoms with van der Waals surface area (Å²) in [5.74, 6) is 0.536. The maximum absolute atomic E-state index is 11.7. The van der Waals surface area contributed by atoms with Gasteiger partial charge in [0.05, 0.1) is 11.4 Å². The van der Waals surface area contributed by atoms with E-state index < -0.39 is 0 Å². The molecule has 0 unspecified atom stereocenters. The Hall–Kier alpha value is -1.52. The Morgan fingerprint density at radius 1 is 1.50 bits per heavy atom. The maximum Gasteiger partial charge on any atom is 0.226 e. The summed E-state index contributed by atoms with van der Waals surface area (Å²) in [4.78, 5) is 11.7. The minimum atomic E-state index is -0.0396. The van der Waals surface area contributed by atoms with Crippen LogP contribution in [0.5, 0.6) is 0 Å². The van der Waals surface area contributed by atoms with Crippen LogP contribution in [0.15, 0.2) is 0 Å². The number of nitrogens with zero attached hydrogens (tertiary/aromatic N) is 2. The highest BCUT2D eigenvalue weighted by Gasteiger charge is 2.18. The molecule has 0 saturated carbocycles. The number of nitrogens with two attached hydrogens (primary N) is 1. The van der Waals surface area contributed by atoms with Crippen LogP contribution in [-0.2, 0) is 11.8 Å². The van der Waals surface area contributed by atoms with Gasteiger partial charge in [0, 0.05) is 13.5 Å². The minimum Gasteiger partial charge on any atom is -0.394 e. The molecule has 1 amide bonds. The van der Waals surface area contributed by atoms with Crippen molar-refractivity contribution in [1.82, 2.24) is 9.78 Å². The van der Waals surface area contributed by atoms with Gasteiger partial charge in [-0.25, -0.2) is 0 Å². The van der Waals surface area contributed by atoms with Crippen LogP contribution < -0.4 is 11.1 Å². The lowest BCUT2D eigenvalue weighted by atomic mass is 9.92. The molecule has 1 aromatic heterocycles. The molecule has 90 valence electrons. The Bertz CT molecular complexity index is 401. The van der Waals surface area contributed by atoms with Crippen molar-refractivity contribution in [2.45, 2.75) is 34.1 Å². The Labute approximate surface area is 96.0 Å². The molecule has 0 aromatic carbocycles. The second-order valence-corrected chi connectivity index (χ2v) is 5.26. The van der Waals surface area contributed by atoms with Crippen LogP contribution in [0, 0.1) is 12.3 Å². The van der Waals surface area contributed by atoms with Gasteiger partial charge >= 0.3 is 0 Å². The Kier molecular flexibility index (Phi) is 3.26. The van der Waals surface area contributed by atoms with E-state index >= 15 is 0 Å². The zero-order valence-corrected chi connectivity index (χ0v) is 10.6. The Morgan fingerprint density at radius 2 is 2.06 bits per heavy atom. The maximum atomic E-state index is 11.7. The summed E-state index contributed by atoms with van der Waals surface area (Å²) < 4.78 is 1.59. The highest BCUT2D eigenvalue weighted by atomic mass is 16.1. The third kappa shape index (κ3) is 2.98. The summed E-state index contributed by atoms with van der Waals surface area (Å²) in [6.07, 6.45) is 0.455. The predicted molar refractivity (Wildman–Crippen MR) is 65.1 cm³/mol. The fraction of sp³-hybridized carbons (Fsp3) is 0.636. The van der Waals surface area contributed by atoms with Gasteiger partial charge in [-0.15, -0.1) is 0 Å². The predicted octanol–water partition coefficient (Wildman–Crippen LogP) is 1.69. The van der Waals surface area contributed by atoms with Crippen LogP contribution in [0.4, 0.5) is 11.5 Å². The van der Waals surface area contributed by atoms with Crippen LogP contribution >= 0.6 is 0 Å². The van der Waals surface area contributed by atoms with E-state index in [1.54, 1.807) is 11.7 Å². The van der Waals surface area contributed by atoms with Crippen molar-refractivity contribution >= 4 is 17.4 Å². The summed E-state index contributed by atoms with van der Waals surface area (Å²) in [5, 5.41) is 6.93. The fourth-order valence-electron chi connectivity index (χ4n) is 1.48. The number of aryl methyl sites for hydroxylation is 2. The highest BCUT2D eigenvalue weighted by molar-refractivity contribution is 5.93. The van der Waals surface area contributed by atoms with Crippen molar-refractivity contribution in [3.63, 3.8) is 0 Å². The smallest absolute Gasteiger partial charge is 0.226 e. The van der Waals surface area contributed by atoms with Crippen molar-refractivity contribution < 1.29 is 4.79 Å². The van der Waals surface area contributed by atoms with E-state index in [2.05, 4.69) is 10.4 Å². The lowest BCUT2D eigenvalue weighted by Gasteiger charge is -2.17. The fourth-order valence-corrected chi connectivity index (χ4v) is 1.48. The quantitative estimate of drug-likeness (QED) is 0.802. The van der Waals surface area contributed by atoms with Crippen molar-refractivity contribution in [3.8, 4) is 0 Å². The molecule has 0 radical (unpaired) electrons. The lowest BCUT2D eigenvalue weighted by Crippen LogP contribution is -2.21. The number of anilines is 2. The number of amides is 1. The Morgan fingerprint density at radius 3 is 2.44 bits per heavy atom. The first-order valence-electron chi connectivity index (χ1n) is 5.29.